The van der Waals surface area contributed by atoms with E-state index in [0.29, 0.717) is 16.3 Å². The van der Waals surface area contributed by atoms with E-state index in [1.165, 1.54) is 12.1 Å². The van der Waals surface area contributed by atoms with Crippen LogP contribution in [0.15, 0.2) is 35.2 Å². The molecule has 1 heterocycles. The zero-order valence-corrected chi connectivity index (χ0v) is 12.4. The fraction of sp³-hybridized carbons (Fsp3) is 0.0833. The van der Waals surface area contributed by atoms with Crippen molar-refractivity contribution in [3.8, 4) is 0 Å². The molecule has 0 spiro atoms. The normalized spacial score (nSPS) is 11.9. The lowest BCUT2D eigenvalue weighted by Gasteiger charge is -1.96. The summed E-state index contributed by atoms with van der Waals surface area (Å²) in [4.78, 5) is 26.0. The Bertz CT molecular complexity index is 852. The summed E-state index contributed by atoms with van der Waals surface area (Å²) in [7, 11) is -3.31. The van der Waals surface area contributed by atoms with Crippen LogP contribution in [0.2, 0.25) is 0 Å². The number of aliphatic carboxylic acids is 1. The molecule has 0 atom stereocenters. The molecule has 21 heavy (non-hydrogen) atoms. The van der Waals surface area contributed by atoms with E-state index < -0.39 is 21.7 Å². The molecule has 0 radical (unpaired) electrons. The first-order chi connectivity index (χ1) is 9.75. The number of hydrogen-bond donors (Lipinski definition) is 2. The third-order valence-electron chi connectivity index (χ3n) is 2.40. The van der Waals surface area contributed by atoms with Crippen LogP contribution in [-0.4, -0.2) is 36.6 Å². The van der Waals surface area contributed by atoms with Crippen molar-refractivity contribution in [3.63, 3.8) is 0 Å². The highest BCUT2D eigenvalue weighted by atomic mass is 32.2. The Morgan fingerprint density at radius 3 is 2.67 bits per heavy atom. The van der Waals surface area contributed by atoms with Crippen molar-refractivity contribution in [1.29, 1.82) is 0 Å². The number of aromatic nitrogens is 1. The van der Waals surface area contributed by atoms with Crippen LogP contribution in [0, 0.1) is 0 Å². The molecule has 1 amide bonds. The number of carbonyl (C=O) groups is 2. The van der Waals surface area contributed by atoms with Crippen LogP contribution >= 0.6 is 11.3 Å². The summed E-state index contributed by atoms with van der Waals surface area (Å²) in [6.45, 7) is 0. The van der Waals surface area contributed by atoms with Gasteiger partial charge < -0.3 is 5.11 Å². The topological polar surface area (TPSA) is 113 Å². The molecule has 110 valence electrons. The van der Waals surface area contributed by atoms with Crippen LogP contribution in [0.4, 0.5) is 5.13 Å². The van der Waals surface area contributed by atoms with E-state index >= 15 is 0 Å². The number of carboxylic acid groups (broad SMARTS) is 1. The maximum Gasteiger partial charge on any atom is 0.328 e. The fourth-order valence-electron chi connectivity index (χ4n) is 1.48. The predicted molar refractivity (Wildman–Crippen MR) is 78.1 cm³/mol. The SMILES string of the molecule is CS(=O)(=O)c1ccc2nc(NC(=O)/C=C/C(=O)O)sc2c1. The van der Waals surface area contributed by atoms with E-state index in [0.717, 1.165) is 23.7 Å². The largest absolute Gasteiger partial charge is 0.478 e. The minimum Gasteiger partial charge on any atom is -0.478 e. The first kappa shape index (κ1) is 15.1. The van der Waals surface area contributed by atoms with Crippen molar-refractivity contribution >= 4 is 48.4 Å². The van der Waals surface area contributed by atoms with Gasteiger partial charge in [-0.25, -0.2) is 18.2 Å². The van der Waals surface area contributed by atoms with Gasteiger partial charge in [0.2, 0.25) is 5.91 Å². The lowest BCUT2D eigenvalue weighted by molar-refractivity contribution is -0.131. The Hall–Kier alpha value is -2.26. The van der Waals surface area contributed by atoms with Gasteiger partial charge in [0.05, 0.1) is 15.1 Å². The van der Waals surface area contributed by atoms with Crippen molar-refractivity contribution < 1.29 is 23.1 Å². The van der Waals surface area contributed by atoms with E-state index in [1.807, 2.05) is 0 Å². The summed E-state index contributed by atoms with van der Waals surface area (Å²) in [6.07, 6.45) is 2.69. The van der Waals surface area contributed by atoms with Gasteiger partial charge in [0, 0.05) is 18.4 Å². The Kier molecular flexibility index (Phi) is 4.05. The van der Waals surface area contributed by atoms with E-state index in [-0.39, 0.29) is 10.0 Å². The lowest BCUT2D eigenvalue weighted by Crippen LogP contribution is -2.08. The molecule has 2 N–H and O–H groups in total. The van der Waals surface area contributed by atoms with Gasteiger partial charge in [0.15, 0.2) is 15.0 Å². The second kappa shape index (κ2) is 5.62. The molecular formula is C12H10N2O5S2. The summed E-state index contributed by atoms with van der Waals surface area (Å²) >= 11 is 1.10. The van der Waals surface area contributed by atoms with Crippen molar-refractivity contribution in [3.05, 3.63) is 30.4 Å². The van der Waals surface area contributed by atoms with Crippen LogP contribution in [0.3, 0.4) is 0 Å². The minimum atomic E-state index is -3.31. The maximum absolute atomic E-state index is 11.5. The fourth-order valence-corrected chi connectivity index (χ4v) is 3.11. The number of carboxylic acids is 1. The van der Waals surface area contributed by atoms with E-state index in [2.05, 4.69) is 10.3 Å². The lowest BCUT2D eigenvalue weighted by atomic mass is 10.3. The Morgan fingerprint density at radius 1 is 1.33 bits per heavy atom. The van der Waals surface area contributed by atoms with Gasteiger partial charge in [-0.15, -0.1) is 0 Å². The highest BCUT2D eigenvalue weighted by Crippen LogP contribution is 2.28. The van der Waals surface area contributed by atoms with E-state index in [9.17, 15) is 18.0 Å². The van der Waals surface area contributed by atoms with Crippen molar-refractivity contribution in [1.82, 2.24) is 4.98 Å². The number of thiazole rings is 1. The van der Waals surface area contributed by atoms with Gasteiger partial charge in [-0.3, -0.25) is 10.1 Å². The minimum absolute atomic E-state index is 0.169. The number of hydrogen-bond acceptors (Lipinski definition) is 6. The third kappa shape index (κ3) is 3.86. The predicted octanol–water partition coefficient (Wildman–Crippen LogP) is 1.28. The Balaban J connectivity index is 2.27. The molecule has 0 saturated carbocycles. The number of nitrogens with zero attached hydrogens (tertiary/aromatic N) is 1. The monoisotopic (exact) mass is 326 g/mol. The van der Waals surface area contributed by atoms with Crippen molar-refractivity contribution in [2.24, 2.45) is 0 Å². The molecule has 1 aromatic carbocycles. The van der Waals surface area contributed by atoms with Gasteiger partial charge in [-0.2, -0.15) is 0 Å². The van der Waals surface area contributed by atoms with Crippen LogP contribution in [-0.2, 0) is 19.4 Å². The number of nitrogens with one attached hydrogen (secondary N) is 1. The summed E-state index contributed by atoms with van der Waals surface area (Å²) in [5, 5.41) is 11.1. The summed E-state index contributed by atoms with van der Waals surface area (Å²) < 4.78 is 23.5. The zero-order chi connectivity index (χ0) is 15.6. The van der Waals surface area contributed by atoms with Gasteiger partial charge in [-0.05, 0) is 18.2 Å². The second-order valence-corrected chi connectivity index (χ2v) is 7.13. The van der Waals surface area contributed by atoms with E-state index in [4.69, 9.17) is 5.11 Å². The summed E-state index contributed by atoms with van der Waals surface area (Å²) in [5.74, 6) is -1.85. The van der Waals surface area contributed by atoms with Gasteiger partial charge in [0.1, 0.15) is 0 Å². The Morgan fingerprint density at radius 2 is 2.05 bits per heavy atom. The quantitative estimate of drug-likeness (QED) is 0.818. The van der Waals surface area contributed by atoms with Gasteiger partial charge in [-0.1, -0.05) is 11.3 Å². The highest BCUT2D eigenvalue weighted by molar-refractivity contribution is 7.90. The Labute approximate surface area is 123 Å². The number of fused-ring (bicyclic) bond motifs is 1. The van der Waals surface area contributed by atoms with E-state index in [1.54, 1.807) is 6.07 Å². The molecule has 1 aromatic heterocycles. The van der Waals surface area contributed by atoms with Crippen molar-refractivity contribution in [2.75, 3.05) is 11.6 Å². The molecule has 0 aliphatic heterocycles. The molecule has 0 aliphatic carbocycles. The number of benzene rings is 1. The molecule has 0 fully saturated rings. The van der Waals surface area contributed by atoms with Crippen molar-refractivity contribution in [2.45, 2.75) is 4.90 Å². The zero-order valence-electron chi connectivity index (χ0n) is 10.7. The molecule has 0 saturated heterocycles. The maximum atomic E-state index is 11.5. The van der Waals surface area contributed by atoms with Crippen LogP contribution in [0.1, 0.15) is 0 Å². The third-order valence-corrected chi connectivity index (χ3v) is 4.44. The number of amides is 1. The van der Waals surface area contributed by atoms with Crippen LogP contribution in [0.5, 0.6) is 0 Å². The first-order valence-electron chi connectivity index (χ1n) is 5.58. The van der Waals surface area contributed by atoms with Gasteiger partial charge in [0.25, 0.3) is 0 Å². The highest BCUT2D eigenvalue weighted by Gasteiger charge is 2.11. The molecule has 2 rings (SSSR count). The number of anilines is 1. The summed E-state index contributed by atoms with van der Waals surface area (Å²) in [6, 6.07) is 4.46. The average Bonchev–Trinajstić information content (AvgIpc) is 2.76. The van der Waals surface area contributed by atoms with Crippen LogP contribution < -0.4 is 5.32 Å². The molecule has 2 aromatic rings. The van der Waals surface area contributed by atoms with Crippen LogP contribution in [0.25, 0.3) is 10.2 Å². The molecule has 0 unspecified atom stereocenters. The van der Waals surface area contributed by atoms with Gasteiger partial charge >= 0.3 is 5.97 Å². The summed E-state index contributed by atoms with van der Waals surface area (Å²) in [5.41, 5.74) is 0.546. The number of sulfone groups is 1. The number of rotatable bonds is 4. The standard InChI is InChI=1S/C12H10N2O5S2/c1-21(18,19)7-2-3-8-9(6-7)20-12(13-8)14-10(15)4-5-11(16)17/h2-6H,1H3,(H,16,17)(H,13,14,15)/b5-4+. The number of carbonyl (C=O) groups excluding carboxylic acids is 1. The molecule has 0 bridgehead atoms. The molecule has 9 heteroatoms. The molecular weight excluding hydrogens is 316 g/mol. The first-order valence-corrected chi connectivity index (χ1v) is 8.29. The molecule has 0 aliphatic rings. The molecule has 7 nitrogen and oxygen atoms in total. The second-order valence-electron chi connectivity index (χ2n) is 4.08. The smallest absolute Gasteiger partial charge is 0.328 e. The average molecular weight is 326 g/mol.